The molecule has 0 fully saturated rings. The molecule has 0 amide bonds. The average Bonchev–Trinajstić information content (AvgIpc) is 2.03. The molecule has 0 aliphatic heterocycles. The first kappa shape index (κ1) is 9.00. The first-order chi connectivity index (χ1) is 5.24. The molecule has 0 atom stereocenters. The molecule has 1 heterocycles. The molecule has 0 saturated carbocycles. The summed E-state index contributed by atoms with van der Waals surface area (Å²) in [5.41, 5.74) is 1.89. The molecule has 1 aromatic rings. The van der Waals surface area contributed by atoms with Crippen LogP contribution in [0, 0.1) is 0 Å². The number of rotatable bonds is 2. The zero-order valence-electron chi connectivity index (χ0n) is 5.85. The molecule has 0 N–H and O–H groups in total. The lowest BCUT2D eigenvalue weighted by Crippen LogP contribution is -1.87. The van der Waals surface area contributed by atoms with Crippen LogP contribution >= 0.6 is 34.2 Å². The number of pyridine rings is 1. The number of hydrogen-bond acceptors (Lipinski definition) is 1. The molecule has 1 aromatic heterocycles. The van der Waals surface area contributed by atoms with Crippen LogP contribution in [0.2, 0.25) is 5.15 Å². The van der Waals surface area contributed by atoms with Gasteiger partial charge in [0, 0.05) is 4.43 Å². The summed E-state index contributed by atoms with van der Waals surface area (Å²) in [6.45, 7) is 3.86. The van der Waals surface area contributed by atoms with Crippen molar-refractivity contribution in [3.63, 3.8) is 0 Å². The Morgan fingerprint density at radius 2 is 2.36 bits per heavy atom. The summed E-state index contributed by atoms with van der Waals surface area (Å²) in [6.07, 6.45) is 0. The van der Waals surface area contributed by atoms with Crippen molar-refractivity contribution in [1.29, 1.82) is 0 Å². The fraction of sp³-hybridized carbons (Fsp3) is 0.125. The van der Waals surface area contributed by atoms with Gasteiger partial charge in [-0.3, -0.25) is 0 Å². The quantitative estimate of drug-likeness (QED) is 0.460. The Hall–Kier alpha value is -0.0900. The molecule has 0 spiro atoms. The molecule has 0 aromatic carbocycles. The molecule has 58 valence electrons. The maximum atomic E-state index is 5.69. The van der Waals surface area contributed by atoms with E-state index in [2.05, 4.69) is 34.2 Å². The molecule has 1 nitrogen and oxygen atoms in total. The summed E-state index contributed by atoms with van der Waals surface area (Å²) in [5.74, 6) is 0. The average molecular weight is 280 g/mol. The van der Waals surface area contributed by atoms with Gasteiger partial charge in [0.1, 0.15) is 5.15 Å². The number of halogens is 2. The van der Waals surface area contributed by atoms with Gasteiger partial charge in [-0.25, -0.2) is 4.98 Å². The summed E-state index contributed by atoms with van der Waals surface area (Å²) in [6, 6.07) is 5.54. The minimum Gasteiger partial charge on any atom is -0.236 e. The number of alkyl halides is 1. The second kappa shape index (κ2) is 4.07. The van der Waals surface area contributed by atoms with Crippen LogP contribution in [-0.2, 0) is 0 Å². The lowest BCUT2D eigenvalue weighted by atomic mass is 10.2. The fourth-order valence-corrected chi connectivity index (χ4v) is 1.23. The highest BCUT2D eigenvalue weighted by atomic mass is 127. The van der Waals surface area contributed by atoms with Crippen LogP contribution in [-0.4, -0.2) is 9.41 Å². The van der Waals surface area contributed by atoms with Gasteiger partial charge in [0.05, 0.1) is 5.69 Å². The van der Waals surface area contributed by atoms with Crippen molar-refractivity contribution in [2.75, 3.05) is 4.43 Å². The van der Waals surface area contributed by atoms with Gasteiger partial charge in [-0.1, -0.05) is 46.8 Å². The van der Waals surface area contributed by atoms with Crippen LogP contribution in [0.5, 0.6) is 0 Å². The van der Waals surface area contributed by atoms with Crippen molar-refractivity contribution in [2.45, 2.75) is 0 Å². The van der Waals surface area contributed by atoms with E-state index >= 15 is 0 Å². The van der Waals surface area contributed by atoms with Crippen molar-refractivity contribution in [2.24, 2.45) is 0 Å². The minimum atomic E-state index is 0.522. The summed E-state index contributed by atoms with van der Waals surface area (Å²) in [4.78, 5) is 4.11. The van der Waals surface area contributed by atoms with Gasteiger partial charge in [0.15, 0.2) is 0 Å². The molecule has 0 aliphatic carbocycles. The fourth-order valence-electron chi connectivity index (χ4n) is 0.674. The molecule has 0 unspecified atom stereocenters. The van der Waals surface area contributed by atoms with Crippen molar-refractivity contribution in [3.8, 4) is 0 Å². The predicted molar refractivity (Wildman–Crippen MR) is 57.2 cm³/mol. The highest BCUT2D eigenvalue weighted by Gasteiger charge is 1.97. The van der Waals surface area contributed by atoms with Crippen LogP contribution in [0.3, 0.4) is 0 Å². The van der Waals surface area contributed by atoms with E-state index in [0.717, 1.165) is 15.7 Å². The highest BCUT2D eigenvalue weighted by molar-refractivity contribution is 14.1. The number of nitrogens with zero attached hydrogens (tertiary/aromatic N) is 1. The topological polar surface area (TPSA) is 12.9 Å². The third kappa shape index (κ3) is 2.45. The Kier molecular flexibility index (Phi) is 3.33. The number of allylic oxidation sites excluding steroid dienone is 1. The smallest absolute Gasteiger partial charge is 0.129 e. The summed E-state index contributed by atoms with van der Waals surface area (Å²) >= 11 is 7.94. The first-order valence-electron chi connectivity index (χ1n) is 3.10. The van der Waals surface area contributed by atoms with Crippen molar-refractivity contribution >= 4 is 39.8 Å². The van der Waals surface area contributed by atoms with E-state index in [4.69, 9.17) is 11.6 Å². The summed E-state index contributed by atoms with van der Waals surface area (Å²) in [5, 5.41) is 0.522. The zero-order chi connectivity index (χ0) is 8.27. The van der Waals surface area contributed by atoms with Crippen LogP contribution in [0.15, 0.2) is 24.8 Å². The zero-order valence-corrected chi connectivity index (χ0v) is 8.76. The Labute approximate surface area is 84.6 Å². The van der Waals surface area contributed by atoms with Gasteiger partial charge >= 0.3 is 0 Å². The lowest BCUT2D eigenvalue weighted by Gasteiger charge is -1.99. The Morgan fingerprint density at radius 1 is 1.64 bits per heavy atom. The highest BCUT2D eigenvalue weighted by Crippen LogP contribution is 2.14. The number of aromatic nitrogens is 1. The van der Waals surface area contributed by atoms with Gasteiger partial charge in [-0.05, 0) is 17.7 Å². The summed E-state index contributed by atoms with van der Waals surface area (Å²) in [7, 11) is 0. The van der Waals surface area contributed by atoms with Gasteiger partial charge in [0.25, 0.3) is 0 Å². The van der Waals surface area contributed by atoms with Crippen LogP contribution in [0.25, 0.3) is 5.57 Å². The molecule has 0 bridgehead atoms. The maximum Gasteiger partial charge on any atom is 0.129 e. The number of hydrogen-bond donors (Lipinski definition) is 0. The third-order valence-electron chi connectivity index (χ3n) is 1.24. The van der Waals surface area contributed by atoms with Crippen molar-refractivity contribution in [3.05, 3.63) is 35.6 Å². The molecule has 0 aliphatic rings. The van der Waals surface area contributed by atoms with Crippen molar-refractivity contribution in [1.82, 2.24) is 4.98 Å². The standard InChI is InChI=1S/C8H7ClIN/c1-6(5-10)7-3-2-4-8(9)11-7/h2-4H,1,5H2. The SMILES string of the molecule is C=C(CI)c1cccc(Cl)n1. The first-order valence-corrected chi connectivity index (χ1v) is 5.01. The normalized spacial score (nSPS) is 9.64. The Morgan fingerprint density at radius 3 is 2.91 bits per heavy atom. The maximum absolute atomic E-state index is 5.69. The molecular formula is C8H7ClIN. The molecule has 11 heavy (non-hydrogen) atoms. The molecule has 0 radical (unpaired) electrons. The van der Waals surface area contributed by atoms with Gasteiger partial charge < -0.3 is 0 Å². The van der Waals surface area contributed by atoms with E-state index in [1.54, 1.807) is 6.07 Å². The molecular weight excluding hydrogens is 272 g/mol. The van der Waals surface area contributed by atoms with E-state index < -0.39 is 0 Å². The van der Waals surface area contributed by atoms with E-state index in [1.165, 1.54) is 0 Å². The Balaban J connectivity index is 2.96. The monoisotopic (exact) mass is 279 g/mol. The van der Waals surface area contributed by atoms with Gasteiger partial charge in [-0.2, -0.15) is 0 Å². The van der Waals surface area contributed by atoms with Crippen LogP contribution < -0.4 is 0 Å². The van der Waals surface area contributed by atoms with Crippen LogP contribution in [0.4, 0.5) is 0 Å². The molecule has 1 rings (SSSR count). The van der Waals surface area contributed by atoms with E-state index in [-0.39, 0.29) is 0 Å². The van der Waals surface area contributed by atoms with Gasteiger partial charge in [0.2, 0.25) is 0 Å². The van der Waals surface area contributed by atoms with E-state index in [9.17, 15) is 0 Å². The Bertz CT molecular complexity index is 273. The van der Waals surface area contributed by atoms with Crippen LogP contribution in [0.1, 0.15) is 5.69 Å². The minimum absolute atomic E-state index is 0.522. The second-order valence-electron chi connectivity index (χ2n) is 2.08. The second-order valence-corrected chi connectivity index (χ2v) is 3.23. The van der Waals surface area contributed by atoms with E-state index in [0.29, 0.717) is 5.15 Å². The molecule has 0 saturated heterocycles. The van der Waals surface area contributed by atoms with Crippen molar-refractivity contribution < 1.29 is 0 Å². The van der Waals surface area contributed by atoms with E-state index in [1.807, 2.05) is 12.1 Å². The molecule has 3 heteroatoms. The largest absolute Gasteiger partial charge is 0.236 e. The third-order valence-corrected chi connectivity index (χ3v) is 2.37. The lowest BCUT2D eigenvalue weighted by molar-refractivity contribution is 1.27. The predicted octanol–water partition coefficient (Wildman–Crippen LogP) is 3.18. The van der Waals surface area contributed by atoms with Gasteiger partial charge in [-0.15, -0.1) is 0 Å². The summed E-state index contributed by atoms with van der Waals surface area (Å²) < 4.78 is 0.880.